The number of hydrogen-bond acceptors (Lipinski definition) is 4. The molecule has 0 unspecified atom stereocenters. The van der Waals surface area contributed by atoms with Gasteiger partial charge in [0.1, 0.15) is 4.90 Å². The molecule has 0 saturated carbocycles. The van der Waals surface area contributed by atoms with Gasteiger partial charge in [-0.25, -0.2) is 18.4 Å². The Balaban J connectivity index is 3.44. The van der Waals surface area contributed by atoms with E-state index in [0.717, 1.165) is 6.07 Å². The maximum Gasteiger partial charge on any atom is 0.339 e. The number of nitrogens with two attached hydrogens (primary N) is 1. The van der Waals surface area contributed by atoms with E-state index in [1.165, 1.54) is 6.07 Å². The molecule has 0 aliphatic heterocycles. The molecule has 0 bridgehead atoms. The fourth-order valence-corrected chi connectivity index (χ4v) is 2.57. The highest BCUT2D eigenvalue weighted by atomic mass is 35.5. The summed E-state index contributed by atoms with van der Waals surface area (Å²) in [5.74, 6) is -0.759. The minimum atomic E-state index is -4.05. The van der Waals surface area contributed by atoms with Gasteiger partial charge in [-0.05, 0) is 19.1 Å². The van der Waals surface area contributed by atoms with Crippen LogP contribution >= 0.6 is 23.2 Å². The summed E-state index contributed by atoms with van der Waals surface area (Å²) in [7, 11) is -4.05. The molecule has 0 spiro atoms. The third-order valence-corrected chi connectivity index (χ3v) is 3.48. The Morgan fingerprint density at radius 3 is 2.47 bits per heavy atom. The van der Waals surface area contributed by atoms with Crippen LogP contribution in [0.3, 0.4) is 0 Å². The summed E-state index contributed by atoms with van der Waals surface area (Å²) in [6, 6.07) is 2.29. The lowest BCUT2D eigenvalue weighted by Gasteiger charge is -2.08. The zero-order chi connectivity index (χ0) is 13.2. The summed E-state index contributed by atoms with van der Waals surface area (Å²) < 4.78 is 27.2. The van der Waals surface area contributed by atoms with Gasteiger partial charge in [0.25, 0.3) is 0 Å². The summed E-state index contributed by atoms with van der Waals surface area (Å²) in [4.78, 5) is 11.1. The summed E-state index contributed by atoms with van der Waals surface area (Å²) in [5.41, 5.74) is -0.134. The second kappa shape index (κ2) is 5.22. The number of sulfonamides is 1. The molecule has 1 aromatic carbocycles. The Kier molecular flexibility index (Phi) is 4.37. The maximum absolute atomic E-state index is 11.5. The lowest BCUT2D eigenvalue weighted by Crippen LogP contribution is -2.15. The second-order valence-electron chi connectivity index (χ2n) is 3.03. The Hall–Kier alpha value is -0.820. The van der Waals surface area contributed by atoms with Crippen molar-refractivity contribution < 1.29 is 17.9 Å². The number of rotatable bonds is 3. The minimum Gasteiger partial charge on any atom is -0.462 e. The standard InChI is InChI=1S/C9H9Cl2NO4S/c1-2-16-9(13)6-3-5(10)4-7(8(6)11)17(12,14)15/h3-4H,2H2,1H3,(H2,12,14,15). The van der Waals surface area contributed by atoms with Gasteiger partial charge in [0.2, 0.25) is 10.0 Å². The molecule has 94 valence electrons. The van der Waals surface area contributed by atoms with E-state index in [1.54, 1.807) is 6.92 Å². The summed E-state index contributed by atoms with van der Waals surface area (Å²) >= 11 is 11.5. The van der Waals surface area contributed by atoms with Gasteiger partial charge >= 0.3 is 5.97 Å². The fraction of sp³-hybridized carbons (Fsp3) is 0.222. The highest BCUT2D eigenvalue weighted by molar-refractivity contribution is 7.89. The van der Waals surface area contributed by atoms with E-state index in [2.05, 4.69) is 0 Å². The second-order valence-corrected chi connectivity index (χ2v) is 5.38. The van der Waals surface area contributed by atoms with Crippen molar-refractivity contribution in [3.05, 3.63) is 27.7 Å². The van der Waals surface area contributed by atoms with Gasteiger partial charge in [-0.1, -0.05) is 23.2 Å². The van der Waals surface area contributed by atoms with Crippen LogP contribution in [-0.2, 0) is 14.8 Å². The van der Waals surface area contributed by atoms with E-state index >= 15 is 0 Å². The highest BCUT2D eigenvalue weighted by Gasteiger charge is 2.21. The Morgan fingerprint density at radius 2 is 2.00 bits per heavy atom. The third-order valence-electron chi connectivity index (χ3n) is 1.81. The fourth-order valence-electron chi connectivity index (χ4n) is 1.13. The van der Waals surface area contributed by atoms with Crippen LogP contribution in [0, 0.1) is 0 Å². The SMILES string of the molecule is CCOC(=O)c1cc(Cl)cc(S(N)(=O)=O)c1Cl. The van der Waals surface area contributed by atoms with Gasteiger partial charge in [-0.3, -0.25) is 0 Å². The lowest BCUT2D eigenvalue weighted by molar-refractivity contribution is 0.0526. The molecule has 0 fully saturated rings. The Bertz CT molecular complexity index is 556. The molecule has 0 atom stereocenters. The zero-order valence-corrected chi connectivity index (χ0v) is 11.1. The molecular formula is C9H9Cl2NO4S. The van der Waals surface area contributed by atoms with Gasteiger partial charge in [-0.15, -0.1) is 0 Å². The molecular weight excluding hydrogens is 289 g/mol. The van der Waals surface area contributed by atoms with Crippen molar-refractivity contribution in [1.82, 2.24) is 0 Å². The van der Waals surface area contributed by atoms with Crippen LogP contribution in [0.25, 0.3) is 0 Å². The zero-order valence-electron chi connectivity index (χ0n) is 8.74. The summed E-state index contributed by atoms with van der Waals surface area (Å²) in [5, 5.41) is 4.68. The summed E-state index contributed by atoms with van der Waals surface area (Å²) in [6.07, 6.45) is 0. The van der Waals surface area contributed by atoms with E-state index in [4.69, 9.17) is 33.1 Å². The van der Waals surface area contributed by atoms with Crippen molar-refractivity contribution >= 4 is 39.2 Å². The van der Waals surface area contributed by atoms with Crippen LogP contribution in [0.5, 0.6) is 0 Å². The van der Waals surface area contributed by atoms with E-state index in [9.17, 15) is 13.2 Å². The van der Waals surface area contributed by atoms with Gasteiger partial charge < -0.3 is 4.74 Å². The molecule has 8 heteroatoms. The molecule has 0 heterocycles. The normalized spacial score (nSPS) is 11.3. The number of benzene rings is 1. The molecule has 0 aliphatic rings. The number of ether oxygens (including phenoxy) is 1. The lowest BCUT2D eigenvalue weighted by atomic mass is 10.2. The van der Waals surface area contributed by atoms with Crippen molar-refractivity contribution in [2.75, 3.05) is 6.61 Å². The molecule has 5 nitrogen and oxygen atoms in total. The maximum atomic E-state index is 11.5. The molecule has 0 aromatic heterocycles. The van der Waals surface area contributed by atoms with Crippen LogP contribution in [0.4, 0.5) is 0 Å². The van der Waals surface area contributed by atoms with Crippen molar-refractivity contribution in [3.63, 3.8) is 0 Å². The van der Waals surface area contributed by atoms with Crippen molar-refractivity contribution in [3.8, 4) is 0 Å². The van der Waals surface area contributed by atoms with Crippen LogP contribution in [-0.4, -0.2) is 21.0 Å². The predicted molar refractivity (Wildman–Crippen MR) is 63.8 cm³/mol. The molecule has 0 amide bonds. The molecule has 1 aromatic rings. The molecule has 0 saturated heterocycles. The first-order chi connectivity index (χ1) is 7.77. The van der Waals surface area contributed by atoms with Crippen LogP contribution in [0.15, 0.2) is 17.0 Å². The Labute approximate surface area is 109 Å². The monoisotopic (exact) mass is 297 g/mol. The first-order valence-electron chi connectivity index (χ1n) is 4.46. The predicted octanol–water partition coefficient (Wildman–Crippen LogP) is 1.82. The number of carbonyl (C=O) groups is 1. The number of halogens is 2. The van der Waals surface area contributed by atoms with Gasteiger partial charge in [0, 0.05) is 5.02 Å². The number of carbonyl (C=O) groups excluding carboxylic acids is 1. The summed E-state index contributed by atoms with van der Waals surface area (Å²) in [6.45, 7) is 1.74. The topological polar surface area (TPSA) is 86.5 Å². The molecule has 2 N–H and O–H groups in total. The number of primary sulfonamides is 1. The van der Waals surface area contributed by atoms with Crippen LogP contribution in [0.2, 0.25) is 10.0 Å². The number of esters is 1. The quantitative estimate of drug-likeness (QED) is 0.862. The van der Waals surface area contributed by atoms with Gasteiger partial charge in [0.15, 0.2) is 0 Å². The van der Waals surface area contributed by atoms with Crippen molar-refractivity contribution in [1.29, 1.82) is 0 Å². The average Bonchev–Trinajstić information content (AvgIpc) is 2.19. The first kappa shape index (κ1) is 14.2. The molecule has 0 aliphatic carbocycles. The molecule has 17 heavy (non-hydrogen) atoms. The Morgan fingerprint density at radius 1 is 1.41 bits per heavy atom. The minimum absolute atomic E-state index is 0.0291. The van der Waals surface area contributed by atoms with E-state index in [1.807, 2.05) is 0 Å². The van der Waals surface area contributed by atoms with Gasteiger partial charge in [-0.2, -0.15) is 0 Å². The van der Waals surface area contributed by atoms with E-state index < -0.39 is 20.9 Å². The first-order valence-corrected chi connectivity index (χ1v) is 6.76. The van der Waals surface area contributed by atoms with E-state index in [-0.39, 0.29) is 22.2 Å². The third kappa shape index (κ3) is 3.32. The van der Waals surface area contributed by atoms with Gasteiger partial charge in [0.05, 0.1) is 17.2 Å². The molecule has 1 rings (SSSR count). The average molecular weight is 298 g/mol. The largest absolute Gasteiger partial charge is 0.462 e. The van der Waals surface area contributed by atoms with Crippen LogP contribution < -0.4 is 5.14 Å². The van der Waals surface area contributed by atoms with Crippen LogP contribution in [0.1, 0.15) is 17.3 Å². The molecule has 0 radical (unpaired) electrons. The highest BCUT2D eigenvalue weighted by Crippen LogP contribution is 2.29. The van der Waals surface area contributed by atoms with Crippen molar-refractivity contribution in [2.45, 2.75) is 11.8 Å². The smallest absolute Gasteiger partial charge is 0.339 e. The number of hydrogen-bond donors (Lipinski definition) is 1. The van der Waals surface area contributed by atoms with Crippen molar-refractivity contribution in [2.24, 2.45) is 5.14 Å². The van der Waals surface area contributed by atoms with E-state index in [0.29, 0.717) is 0 Å².